The quantitative estimate of drug-likeness (QED) is 0.339. The van der Waals surface area contributed by atoms with Crippen LogP contribution >= 0.6 is 0 Å². The first-order valence-corrected chi connectivity index (χ1v) is 11.1. The van der Waals surface area contributed by atoms with Gasteiger partial charge in [0.05, 0.1) is 0 Å². The highest BCUT2D eigenvalue weighted by Crippen LogP contribution is 2.31. The maximum Gasteiger partial charge on any atom is 0.250 e. The molecule has 0 spiro atoms. The minimum absolute atomic E-state index is 0.0495. The third-order valence-corrected chi connectivity index (χ3v) is 6.14. The number of benzene rings is 3. The Labute approximate surface area is 188 Å². The number of nitrogens with zero attached hydrogens (tertiary/aromatic N) is 1. The van der Waals surface area contributed by atoms with Gasteiger partial charge < -0.3 is 9.55 Å². The van der Waals surface area contributed by atoms with Crippen LogP contribution in [0.5, 0.6) is 0 Å². The van der Waals surface area contributed by atoms with Crippen LogP contribution in [-0.2, 0) is 13.0 Å². The monoisotopic (exact) mass is 418 g/mol. The standard InChI is InChI=1S/C29H26N2O/c32-28-17-16-25(29(23-9-3-1-4-10-23)24-11-5-2-6-12-24)21-31(28)20-8-14-22-13-7-15-27-26(22)18-19-30-27/h1-7,9-13,15-19,21,29-30H,8,14,20H2. The van der Waals surface area contributed by atoms with Gasteiger partial charge in [-0.05, 0) is 47.2 Å². The molecule has 32 heavy (non-hydrogen) atoms. The van der Waals surface area contributed by atoms with E-state index in [1.165, 1.54) is 22.1 Å². The molecule has 0 saturated carbocycles. The summed E-state index contributed by atoms with van der Waals surface area (Å²) in [5.74, 6) is 0.0952. The lowest BCUT2D eigenvalue weighted by Gasteiger charge is -2.20. The van der Waals surface area contributed by atoms with E-state index < -0.39 is 0 Å². The van der Waals surface area contributed by atoms with Gasteiger partial charge in [-0.3, -0.25) is 4.79 Å². The third-order valence-electron chi connectivity index (χ3n) is 6.14. The Morgan fingerprint density at radius 2 is 1.44 bits per heavy atom. The fourth-order valence-corrected chi connectivity index (χ4v) is 4.57. The largest absolute Gasteiger partial charge is 0.361 e. The molecule has 3 aromatic carbocycles. The fourth-order valence-electron chi connectivity index (χ4n) is 4.57. The van der Waals surface area contributed by atoms with E-state index >= 15 is 0 Å². The van der Waals surface area contributed by atoms with E-state index in [-0.39, 0.29) is 11.5 Å². The second-order valence-electron chi connectivity index (χ2n) is 8.21. The molecule has 2 heterocycles. The van der Waals surface area contributed by atoms with Gasteiger partial charge in [0.2, 0.25) is 0 Å². The first-order valence-electron chi connectivity index (χ1n) is 11.1. The molecule has 0 aliphatic carbocycles. The summed E-state index contributed by atoms with van der Waals surface area (Å²) in [5, 5.41) is 1.27. The van der Waals surface area contributed by atoms with Crippen molar-refractivity contribution in [3.8, 4) is 0 Å². The molecule has 158 valence electrons. The number of aromatic nitrogens is 2. The molecular formula is C29H26N2O. The van der Waals surface area contributed by atoms with Crippen molar-refractivity contribution in [1.82, 2.24) is 9.55 Å². The zero-order valence-electron chi connectivity index (χ0n) is 17.9. The topological polar surface area (TPSA) is 37.8 Å². The highest BCUT2D eigenvalue weighted by molar-refractivity contribution is 5.82. The Balaban J connectivity index is 1.42. The number of rotatable bonds is 7. The average molecular weight is 419 g/mol. The number of hydrogen-bond donors (Lipinski definition) is 1. The van der Waals surface area contributed by atoms with Gasteiger partial charge in [-0.2, -0.15) is 0 Å². The summed E-state index contributed by atoms with van der Waals surface area (Å²) < 4.78 is 1.87. The van der Waals surface area contributed by atoms with Gasteiger partial charge in [-0.25, -0.2) is 0 Å². The van der Waals surface area contributed by atoms with Gasteiger partial charge >= 0.3 is 0 Å². The average Bonchev–Trinajstić information content (AvgIpc) is 3.32. The van der Waals surface area contributed by atoms with Crippen molar-refractivity contribution in [2.45, 2.75) is 25.3 Å². The summed E-state index contributed by atoms with van der Waals surface area (Å²) in [7, 11) is 0. The van der Waals surface area contributed by atoms with Gasteiger partial charge in [-0.15, -0.1) is 0 Å². The molecule has 0 amide bonds. The second kappa shape index (κ2) is 9.11. The zero-order valence-corrected chi connectivity index (χ0v) is 17.9. The molecule has 5 aromatic rings. The lowest BCUT2D eigenvalue weighted by atomic mass is 9.86. The number of aromatic amines is 1. The fraction of sp³-hybridized carbons (Fsp3) is 0.138. The van der Waals surface area contributed by atoms with Crippen LogP contribution in [0.25, 0.3) is 10.9 Å². The Bertz CT molecular complexity index is 1330. The molecule has 2 aromatic heterocycles. The minimum atomic E-state index is 0.0495. The van der Waals surface area contributed by atoms with Gasteiger partial charge in [0.15, 0.2) is 0 Å². The third kappa shape index (κ3) is 4.15. The van der Waals surface area contributed by atoms with Crippen molar-refractivity contribution in [2.75, 3.05) is 0 Å². The molecule has 0 saturated heterocycles. The van der Waals surface area contributed by atoms with Gasteiger partial charge in [0.25, 0.3) is 5.56 Å². The highest BCUT2D eigenvalue weighted by Gasteiger charge is 2.17. The SMILES string of the molecule is O=c1ccc(C(c2ccccc2)c2ccccc2)cn1CCCc1cccc2[nH]ccc12. The molecule has 0 aliphatic rings. The van der Waals surface area contributed by atoms with Gasteiger partial charge in [-0.1, -0.05) is 78.9 Å². The maximum absolute atomic E-state index is 12.6. The van der Waals surface area contributed by atoms with E-state index in [0.717, 1.165) is 23.9 Å². The Hall–Kier alpha value is -3.85. The summed E-state index contributed by atoms with van der Waals surface area (Å²) in [6, 6.07) is 33.2. The minimum Gasteiger partial charge on any atom is -0.361 e. The Morgan fingerprint density at radius 1 is 0.719 bits per heavy atom. The van der Waals surface area contributed by atoms with Crippen LogP contribution in [0.1, 0.15) is 34.6 Å². The molecule has 1 N–H and O–H groups in total. The van der Waals surface area contributed by atoms with Crippen molar-refractivity contribution in [3.05, 3.63) is 142 Å². The van der Waals surface area contributed by atoms with Gasteiger partial charge in [0, 0.05) is 41.8 Å². The second-order valence-corrected chi connectivity index (χ2v) is 8.21. The number of pyridine rings is 1. The smallest absolute Gasteiger partial charge is 0.250 e. The van der Waals surface area contributed by atoms with E-state index in [4.69, 9.17) is 0 Å². The lowest BCUT2D eigenvalue weighted by molar-refractivity contribution is 0.618. The van der Waals surface area contributed by atoms with Crippen LogP contribution in [0, 0.1) is 0 Å². The molecule has 0 atom stereocenters. The molecule has 0 aliphatic heterocycles. The van der Waals surface area contributed by atoms with Crippen molar-refractivity contribution >= 4 is 10.9 Å². The molecule has 0 bridgehead atoms. The number of hydrogen-bond acceptors (Lipinski definition) is 1. The van der Waals surface area contributed by atoms with Crippen molar-refractivity contribution in [2.24, 2.45) is 0 Å². The van der Waals surface area contributed by atoms with Crippen LogP contribution in [0.2, 0.25) is 0 Å². The number of fused-ring (bicyclic) bond motifs is 1. The predicted octanol–water partition coefficient (Wildman–Crippen LogP) is 6.14. The highest BCUT2D eigenvalue weighted by atomic mass is 16.1. The molecule has 5 rings (SSSR count). The molecule has 0 unspecified atom stereocenters. The summed E-state index contributed by atoms with van der Waals surface area (Å²) >= 11 is 0. The summed E-state index contributed by atoms with van der Waals surface area (Å²) in [6.07, 6.45) is 5.88. The maximum atomic E-state index is 12.6. The van der Waals surface area contributed by atoms with Crippen LogP contribution < -0.4 is 5.56 Å². The Morgan fingerprint density at radius 3 is 2.16 bits per heavy atom. The van der Waals surface area contributed by atoms with E-state index in [9.17, 15) is 4.79 Å². The first-order chi connectivity index (χ1) is 15.8. The lowest BCUT2D eigenvalue weighted by Crippen LogP contribution is -2.20. The Kier molecular flexibility index (Phi) is 5.71. The van der Waals surface area contributed by atoms with Gasteiger partial charge in [0.1, 0.15) is 0 Å². The zero-order chi connectivity index (χ0) is 21.8. The van der Waals surface area contributed by atoms with Crippen molar-refractivity contribution < 1.29 is 0 Å². The molecule has 0 radical (unpaired) electrons. The molecule has 3 nitrogen and oxygen atoms in total. The van der Waals surface area contributed by atoms with E-state index in [1.807, 2.05) is 35.2 Å². The van der Waals surface area contributed by atoms with E-state index in [0.29, 0.717) is 6.54 Å². The molecular weight excluding hydrogens is 392 g/mol. The van der Waals surface area contributed by atoms with E-state index in [2.05, 4.69) is 77.8 Å². The first kappa shape index (κ1) is 20.1. The number of H-pyrrole nitrogens is 1. The summed E-state index contributed by atoms with van der Waals surface area (Å²) in [5.41, 5.74) is 6.11. The molecule has 0 fully saturated rings. The van der Waals surface area contributed by atoms with E-state index in [1.54, 1.807) is 6.07 Å². The summed E-state index contributed by atoms with van der Waals surface area (Å²) in [6.45, 7) is 0.698. The van der Waals surface area contributed by atoms with Crippen LogP contribution in [0.4, 0.5) is 0 Å². The van der Waals surface area contributed by atoms with Crippen molar-refractivity contribution in [1.29, 1.82) is 0 Å². The number of nitrogens with one attached hydrogen (secondary N) is 1. The normalized spacial score (nSPS) is 11.3. The number of aryl methyl sites for hydroxylation is 2. The summed E-state index contributed by atoms with van der Waals surface area (Å²) in [4.78, 5) is 15.9. The van der Waals surface area contributed by atoms with Crippen LogP contribution in [-0.4, -0.2) is 9.55 Å². The van der Waals surface area contributed by atoms with Crippen LogP contribution in [0.3, 0.4) is 0 Å². The van der Waals surface area contributed by atoms with Crippen LogP contribution in [0.15, 0.2) is 114 Å². The predicted molar refractivity (Wildman–Crippen MR) is 131 cm³/mol. The molecule has 3 heteroatoms. The van der Waals surface area contributed by atoms with Crippen molar-refractivity contribution in [3.63, 3.8) is 0 Å².